The number of aryl methyl sites for hydroxylation is 1. The fourth-order valence-corrected chi connectivity index (χ4v) is 3.66. The molecule has 0 atom stereocenters. The van der Waals surface area contributed by atoms with E-state index in [2.05, 4.69) is 26.0 Å². The highest BCUT2D eigenvalue weighted by Gasteiger charge is 2.30. The van der Waals surface area contributed by atoms with Gasteiger partial charge in [0, 0.05) is 5.39 Å². The van der Waals surface area contributed by atoms with Crippen LogP contribution in [-0.2, 0) is 11.8 Å². The predicted octanol–water partition coefficient (Wildman–Crippen LogP) is 4.48. The molecule has 2 aromatic rings. The fourth-order valence-electron chi connectivity index (χ4n) is 3.66. The topological polar surface area (TPSA) is 27.7 Å². The minimum Gasteiger partial charge on any atom is -0.496 e. The van der Waals surface area contributed by atoms with Gasteiger partial charge in [0.05, 0.1) is 21.3 Å². The first-order valence-electron chi connectivity index (χ1n) is 7.78. The van der Waals surface area contributed by atoms with Crippen LogP contribution in [0.5, 0.6) is 17.2 Å². The van der Waals surface area contributed by atoms with Gasteiger partial charge in [-0.1, -0.05) is 13.8 Å². The molecule has 0 bridgehead atoms. The van der Waals surface area contributed by atoms with Gasteiger partial charge in [-0.05, 0) is 59.4 Å². The summed E-state index contributed by atoms with van der Waals surface area (Å²) < 4.78 is 16.6. The molecule has 0 spiro atoms. The number of hydrogen-bond donors (Lipinski definition) is 0. The van der Waals surface area contributed by atoms with E-state index in [9.17, 15) is 0 Å². The van der Waals surface area contributed by atoms with Crippen LogP contribution >= 0.6 is 0 Å². The van der Waals surface area contributed by atoms with Crippen molar-refractivity contribution in [3.05, 3.63) is 29.3 Å². The van der Waals surface area contributed by atoms with Crippen molar-refractivity contribution in [2.75, 3.05) is 21.3 Å². The SMILES string of the molecule is COc1cc2c(OC)cc3c(c2cc1OC)CCCC3(C)C. The van der Waals surface area contributed by atoms with Gasteiger partial charge < -0.3 is 14.2 Å². The lowest BCUT2D eigenvalue weighted by Crippen LogP contribution is -2.24. The van der Waals surface area contributed by atoms with Crippen LogP contribution < -0.4 is 14.2 Å². The third-order valence-electron chi connectivity index (χ3n) is 4.89. The summed E-state index contributed by atoms with van der Waals surface area (Å²) in [6, 6.07) is 6.33. The van der Waals surface area contributed by atoms with Crippen LogP contribution in [-0.4, -0.2) is 21.3 Å². The van der Waals surface area contributed by atoms with E-state index in [0.717, 1.165) is 29.1 Å². The molecule has 2 aromatic carbocycles. The van der Waals surface area contributed by atoms with Crippen LogP contribution in [0, 0.1) is 0 Å². The second-order valence-electron chi connectivity index (χ2n) is 6.60. The van der Waals surface area contributed by atoms with Gasteiger partial charge >= 0.3 is 0 Å². The molecule has 1 aliphatic rings. The Balaban J connectivity index is 2.39. The molecule has 0 aliphatic heterocycles. The van der Waals surface area contributed by atoms with E-state index in [-0.39, 0.29) is 5.41 Å². The van der Waals surface area contributed by atoms with E-state index in [4.69, 9.17) is 14.2 Å². The summed E-state index contributed by atoms with van der Waals surface area (Å²) in [5.41, 5.74) is 3.01. The quantitative estimate of drug-likeness (QED) is 0.836. The number of rotatable bonds is 3. The zero-order chi connectivity index (χ0) is 15.9. The zero-order valence-corrected chi connectivity index (χ0v) is 14.1. The highest BCUT2D eigenvalue weighted by molar-refractivity contribution is 5.95. The van der Waals surface area contributed by atoms with Gasteiger partial charge in [-0.25, -0.2) is 0 Å². The highest BCUT2D eigenvalue weighted by atomic mass is 16.5. The van der Waals surface area contributed by atoms with Gasteiger partial charge in [0.2, 0.25) is 0 Å². The van der Waals surface area contributed by atoms with E-state index in [0.29, 0.717) is 0 Å². The van der Waals surface area contributed by atoms with Crippen LogP contribution in [0.4, 0.5) is 0 Å². The zero-order valence-electron chi connectivity index (χ0n) is 14.1. The third kappa shape index (κ3) is 2.20. The van der Waals surface area contributed by atoms with Crippen LogP contribution in [0.1, 0.15) is 37.8 Å². The second-order valence-corrected chi connectivity index (χ2v) is 6.60. The molecule has 3 rings (SSSR count). The number of ether oxygens (including phenoxy) is 3. The van der Waals surface area contributed by atoms with E-state index in [1.54, 1.807) is 21.3 Å². The van der Waals surface area contributed by atoms with Crippen molar-refractivity contribution in [2.45, 2.75) is 38.5 Å². The van der Waals surface area contributed by atoms with Crippen molar-refractivity contribution in [1.29, 1.82) is 0 Å². The van der Waals surface area contributed by atoms with Gasteiger partial charge in [-0.2, -0.15) is 0 Å². The average Bonchev–Trinajstić information content (AvgIpc) is 2.52. The second kappa shape index (κ2) is 5.38. The van der Waals surface area contributed by atoms with Gasteiger partial charge in [0.25, 0.3) is 0 Å². The van der Waals surface area contributed by atoms with E-state index in [1.807, 2.05) is 6.07 Å². The first-order chi connectivity index (χ1) is 10.5. The Morgan fingerprint density at radius 1 is 0.818 bits per heavy atom. The Labute approximate surface area is 132 Å². The van der Waals surface area contributed by atoms with E-state index in [1.165, 1.54) is 29.4 Å². The Bertz CT molecular complexity index is 716. The first kappa shape index (κ1) is 15.0. The Kier molecular flexibility index (Phi) is 3.67. The van der Waals surface area contributed by atoms with Crippen molar-refractivity contribution in [3.63, 3.8) is 0 Å². The Morgan fingerprint density at radius 3 is 2.00 bits per heavy atom. The largest absolute Gasteiger partial charge is 0.496 e. The summed E-state index contributed by atoms with van der Waals surface area (Å²) in [5, 5.41) is 2.32. The number of hydrogen-bond acceptors (Lipinski definition) is 3. The standard InChI is InChI=1S/C19H24O3/c1-19(2)8-6-7-12-13-9-17(21-4)18(22-5)10-14(13)16(20-3)11-15(12)19/h9-11H,6-8H2,1-5H3. The normalized spacial score (nSPS) is 16.2. The molecule has 0 heterocycles. The Hall–Kier alpha value is -1.90. The summed E-state index contributed by atoms with van der Waals surface area (Å²) in [6.45, 7) is 4.63. The van der Waals surface area contributed by atoms with Gasteiger partial charge in [-0.15, -0.1) is 0 Å². The van der Waals surface area contributed by atoms with Crippen LogP contribution in [0.15, 0.2) is 18.2 Å². The summed E-state index contributed by atoms with van der Waals surface area (Å²) in [7, 11) is 5.08. The maximum Gasteiger partial charge on any atom is 0.161 e. The molecule has 118 valence electrons. The van der Waals surface area contributed by atoms with Crippen molar-refractivity contribution in [1.82, 2.24) is 0 Å². The van der Waals surface area contributed by atoms with Crippen LogP contribution in [0.2, 0.25) is 0 Å². The molecule has 0 radical (unpaired) electrons. The molecule has 0 N–H and O–H groups in total. The molecule has 0 fully saturated rings. The van der Waals surface area contributed by atoms with Gasteiger partial charge in [0.15, 0.2) is 11.5 Å². The molecule has 0 saturated heterocycles. The Morgan fingerprint density at radius 2 is 1.41 bits per heavy atom. The molecule has 1 aliphatic carbocycles. The molecule has 0 aromatic heterocycles. The monoisotopic (exact) mass is 300 g/mol. The molecule has 3 nitrogen and oxygen atoms in total. The number of fused-ring (bicyclic) bond motifs is 3. The molecular weight excluding hydrogens is 276 g/mol. The van der Waals surface area contributed by atoms with Crippen LogP contribution in [0.3, 0.4) is 0 Å². The lowest BCUT2D eigenvalue weighted by molar-refractivity contribution is 0.355. The molecule has 0 saturated carbocycles. The minimum absolute atomic E-state index is 0.183. The first-order valence-corrected chi connectivity index (χ1v) is 7.78. The maximum atomic E-state index is 5.66. The predicted molar refractivity (Wildman–Crippen MR) is 89.6 cm³/mol. The maximum absolute atomic E-state index is 5.66. The lowest BCUT2D eigenvalue weighted by Gasteiger charge is -2.34. The van der Waals surface area contributed by atoms with Crippen molar-refractivity contribution < 1.29 is 14.2 Å². The molecule has 3 heteroatoms. The van der Waals surface area contributed by atoms with Crippen molar-refractivity contribution in [2.24, 2.45) is 0 Å². The minimum atomic E-state index is 0.183. The lowest BCUT2D eigenvalue weighted by atomic mass is 9.71. The summed E-state index contributed by atoms with van der Waals surface area (Å²) in [6.07, 6.45) is 3.53. The summed E-state index contributed by atoms with van der Waals surface area (Å²) in [4.78, 5) is 0. The number of methoxy groups -OCH3 is 3. The average molecular weight is 300 g/mol. The molecule has 0 unspecified atom stereocenters. The fraction of sp³-hybridized carbons (Fsp3) is 0.474. The highest BCUT2D eigenvalue weighted by Crippen LogP contribution is 2.46. The smallest absolute Gasteiger partial charge is 0.161 e. The van der Waals surface area contributed by atoms with Crippen LogP contribution in [0.25, 0.3) is 10.8 Å². The van der Waals surface area contributed by atoms with Gasteiger partial charge in [-0.3, -0.25) is 0 Å². The van der Waals surface area contributed by atoms with E-state index >= 15 is 0 Å². The summed E-state index contributed by atoms with van der Waals surface area (Å²) >= 11 is 0. The molecule has 22 heavy (non-hydrogen) atoms. The van der Waals surface area contributed by atoms with Crippen molar-refractivity contribution >= 4 is 10.8 Å². The van der Waals surface area contributed by atoms with Gasteiger partial charge in [0.1, 0.15) is 5.75 Å². The van der Waals surface area contributed by atoms with Crippen molar-refractivity contribution in [3.8, 4) is 17.2 Å². The molecular formula is C19H24O3. The number of benzene rings is 2. The van der Waals surface area contributed by atoms with E-state index < -0.39 is 0 Å². The molecule has 0 amide bonds. The third-order valence-corrected chi connectivity index (χ3v) is 4.89. The summed E-state index contributed by atoms with van der Waals surface area (Å²) in [5.74, 6) is 2.42.